The summed E-state index contributed by atoms with van der Waals surface area (Å²) in [6.45, 7) is 0. The van der Waals surface area contributed by atoms with E-state index >= 15 is 0 Å². The molecule has 4 nitrogen and oxygen atoms in total. The first kappa shape index (κ1) is 34.3. The van der Waals surface area contributed by atoms with Gasteiger partial charge in [0.25, 0.3) is 0 Å². The minimum Gasteiger partial charge on any atom is -0.308 e. The van der Waals surface area contributed by atoms with Gasteiger partial charge in [-0.05, 0) is 52.2 Å². The number of hydrogen-bond donors (Lipinski definition) is 0. The van der Waals surface area contributed by atoms with Gasteiger partial charge in [-0.1, -0.05) is 176 Å². The molecule has 0 fully saturated rings. The molecule has 5 heteroatoms. The van der Waals surface area contributed by atoms with Crippen LogP contribution in [-0.4, -0.2) is 19.5 Å². The summed E-state index contributed by atoms with van der Waals surface area (Å²) < 4.78 is 4.99. The molecule has 0 aliphatic rings. The summed E-state index contributed by atoms with van der Waals surface area (Å²) in [6, 6.07) is 72.9. The highest BCUT2D eigenvalue weighted by Gasteiger charge is 2.23. The Morgan fingerprint density at radius 3 is 1.68 bits per heavy atom. The first-order valence-electron chi connectivity index (χ1n) is 20.2. The highest BCUT2D eigenvalue weighted by Crippen LogP contribution is 2.48. The Balaban J connectivity index is 0.973. The Kier molecular flexibility index (Phi) is 8.00. The number of thiophene rings is 1. The molecular formula is C55H34N4S. The first-order valence-corrected chi connectivity index (χ1v) is 21.0. The van der Waals surface area contributed by atoms with Crippen LogP contribution in [0.25, 0.3) is 115 Å². The van der Waals surface area contributed by atoms with Crippen molar-refractivity contribution in [3.05, 3.63) is 206 Å². The average Bonchev–Trinajstić information content (AvgIpc) is 3.87. The van der Waals surface area contributed by atoms with Gasteiger partial charge in [0.1, 0.15) is 0 Å². The Bertz CT molecular complexity index is 3510. The minimum atomic E-state index is 0.712. The fourth-order valence-corrected chi connectivity index (χ4v) is 10.0. The smallest absolute Gasteiger partial charge is 0.160 e. The van der Waals surface area contributed by atoms with E-state index < -0.39 is 0 Å². The molecule has 0 unspecified atom stereocenters. The Morgan fingerprint density at radius 1 is 0.383 bits per heavy atom. The molecule has 280 valence electrons. The molecule has 0 bridgehead atoms. The van der Waals surface area contributed by atoms with Crippen LogP contribution in [0.5, 0.6) is 0 Å². The van der Waals surface area contributed by atoms with E-state index in [4.69, 9.17) is 15.0 Å². The average molecular weight is 783 g/mol. The van der Waals surface area contributed by atoms with Crippen LogP contribution in [0.15, 0.2) is 206 Å². The largest absolute Gasteiger partial charge is 0.308 e. The molecule has 0 spiro atoms. The van der Waals surface area contributed by atoms with Gasteiger partial charge in [0.05, 0.1) is 38.3 Å². The third kappa shape index (κ3) is 5.70. The molecule has 0 saturated carbocycles. The van der Waals surface area contributed by atoms with Gasteiger partial charge in [-0.2, -0.15) is 0 Å². The predicted molar refractivity (Wildman–Crippen MR) is 252 cm³/mol. The summed E-state index contributed by atoms with van der Waals surface area (Å²) in [6.07, 6.45) is 0. The molecular weight excluding hydrogens is 749 g/mol. The van der Waals surface area contributed by atoms with Gasteiger partial charge in [-0.25, -0.2) is 15.0 Å². The third-order valence-electron chi connectivity index (χ3n) is 11.6. The van der Waals surface area contributed by atoms with E-state index in [1.807, 2.05) is 47.7 Å². The lowest BCUT2D eigenvalue weighted by atomic mass is 9.99. The highest BCUT2D eigenvalue weighted by molar-refractivity contribution is 7.27. The number of aromatic nitrogens is 4. The second-order valence-corrected chi connectivity index (χ2v) is 16.2. The minimum absolute atomic E-state index is 0.712. The Hall–Kier alpha value is -7.73. The zero-order chi connectivity index (χ0) is 39.6. The van der Waals surface area contributed by atoms with E-state index in [2.05, 4.69) is 174 Å². The number of hydrogen-bond acceptors (Lipinski definition) is 4. The fourth-order valence-electron chi connectivity index (χ4n) is 8.66. The van der Waals surface area contributed by atoms with Gasteiger partial charge in [0.2, 0.25) is 0 Å². The van der Waals surface area contributed by atoms with Gasteiger partial charge in [-0.3, -0.25) is 0 Å². The summed E-state index contributed by atoms with van der Waals surface area (Å²) in [7, 11) is 0. The predicted octanol–water partition coefficient (Wildman–Crippen LogP) is 14.8. The standard InChI is InChI=1S/C55H34N4S/c1-3-14-38(15-4-1)47-34-48(58-55(57-47)41-16-5-2-6-17-41)39-27-23-36(24-28-39)37-25-29-40(30-26-37)51-50-52-54(60-53(50)44-19-9-11-21-46(44)56-51)45-20-10-12-22-49(45)59(52)43-32-31-35-13-7-8-18-42(35)33-43/h1-34H. The monoisotopic (exact) mass is 782 g/mol. The van der Waals surface area contributed by atoms with E-state index in [1.54, 1.807) is 0 Å². The lowest BCUT2D eigenvalue weighted by molar-refractivity contribution is 1.18. The highest BCUT2D eigenvalue weighted by atomic mass is 32.1. The van der Waals surface area contributed by atoms with Crippen LogP contribution in [0.2, 0.25) is 0 Å². The molecule has 8 aromatic carbocycles. The van der Waals surface area contributed by atoms with E-state index in [0.717, 1.165) is 61.7 Å². The van der Waals surface area contributed by atoms with Crippen LogP contribution in [0.1, 0.15) is 0 Å². The molecule has 12 aromatic rings. The number of fused-ring (bicyclic) bond motifs is 8. The molecule has 0 atom stereocenters. The number of para-hydroxylation sites is 2. The van der Waals surface area contributed by atoms with Crippen molar-refractivity contribution in [2.45, 2.75) is 0 Å². The van der Waals surface area contributed by atoms with Crippen molar-refractivity contribution in [3.8, 4) is 62.0 Å². The van der Waals surface area contributed by atoms with Gasteiger partial charge >= 0.3 is 0 Å². The number of pyridine rings is 1. The van der Waals surface area contributed by atoms with Crippen LogP contribution in [0.3, 0.4) is 0 Å². The van der Waals surface area contributed by atoms with Crippen LogP contribution in [0.4, 0.5) is 0 Å². The summed E-state index contributed by atoms with van der Waals surface area (Å²) in [5.41, 5.74) is 13.8. The van der Waals surface area contributed by atoms with E-state index in [0.29, 0.717) is 5.82 Å². The molecule has 0 radical (unpaired) electrons. The Morgan fingerprint density at radius 2 is 0.950 bits per heavy atom. The molecule has 12 rings (SSSR count). The zero-order valence-electron chi connectivity index (χ0n) is 32.3. The third-order valence-corrected chi connectivity index (χ3v) is 12.9. The van der Waals surface area contributed by atoms with Crippen molar-refractivity contribution in [2.24, 2.45) is 0 Å². The maximum absolute atomic E-state index is 5.44. The molecule has 60 heavy (non-hydrogen) atoms. The van der Waals surface area contributed by atoms with Crippen molar-refractivity contribution in [3.63, 3.8) is 0 Å². The molecule has 0 aliphatic heterocycles. The van der Waals surface area contributed by atoms with Crippen molar-refractivity contribution < 1.29 is 0 Å². The van der Waals surface area contributed by atoms with Crippen molar-refractivity contribution >= 4 is 64.2 Å². The summed E-state index contributed by atoms with van der Waals surface area (Å²) in [5.74, 6) is 0.712. The zero-order valence-corrected chi connectivity index (χ0v) is 33.1. The lowest BCUT2D eigenvalue weighted by Gasteiger charge is -2.12. The van der Waals surface area contributed by atoms with E-state index in [9.17, 15) is 0 Å². The van der Waals surface area contributed by atoms with Crippen LogP contribution in [0, 0.1) is 0 Å². The van der Waals surface area contributed by atoms with Crippen LogP contribution < -0.4 is 0 Å². The maximum Gasteiger partial charge on any atom is 0.160 e. The van der Waals surface area contributed by atoms with E-state index in [1.165, 1.54) is 47.4 Å². The molecule has 0 aliphatic carbocycles. The second kappa shape index (κ2) is 14.0. The van der Waals surface area contributed by atoms with Crippen molar-refractivity contribution in [1.29, 1.82) is 0 Å². The number of rotatable bonds is 6. The van der Waals surface area contributed by atoms with Crippen LogP contribution in [-0.2, 0) is 0 Å². The van der Waals surface area contributed by atoms with E-state index in [-0.39, 0.29) is 0 Å². The maximum atomic E-state index is 5.44. The molecule has 4 aromatic heterocycles. The quantitative estimate of drug-likeness (QED) is 0.169. The number of nitrogens with zero attached hydrogens (tertiary/aromatic N) is 4. The molecule has 0 N–H and O–H groups in total. The van der Waals surface area contributed by atoms with Gasteiger partial charge in [0, 0.05) is 48.8 Å². The normalized spacial score (nSPS) is 11.7. The topological polar surface area (TPSA) is 43.6 Å². The lowest BCUT2D eigenvalue weighted by Crippen LogP contribution is -1.96. The molecule has 4 heterocycles. The SMILES string of the molecule is c1ccc(-c2cc(-c3ccc(-c4ccc(-c5nc6ccccc6c6sc7c8ccccc8n(-c8ccc9ccccc9c8)c7c56)cc4)cc3)nc(-c3ccccc3)n2)cc1. The summed E-state index contributed by atoms with van der Waals surface area (Å²) in [4.78, 5) is 15.5. The van der Waals surface area contributed by atoms with Crippen molar-refractivity contribution in [1.82, 2.24) is 19.5 Å². The van der Waals surface area contributed by atoms with Crippen LogP contribution >= 0.6 is 11.3 Å². The molecule has 0 amide bonds. The summed E-state index contributed by atoms with van der Waals surface area (Å²) in [5, 5.41) is 6.07. The van der Waals surface area contributed by atoms with Gasteiger partial charge in [-0.15, -0.1) is 11.3 Å². The second-order valence-electron chi connectivity index (χ2n) is 15.2. The van der Waals surface area contributed by atoms with Gasteiger partial charge < -0.3 is 4.57 Å². The van der Waals surface area contributed by atoms with Gasteiger partial charge in [0.15, 0.2) is 5.82 Å². The summed E-state index contributed by atoms with van der Waals surface area (Å²) >= 11 is 1.88. The number of benzene rings is 8. The fraction of sp³-hybridized carbons (Fsp3) is 0. The first-order chi connectivity index (χ1) is 29.7. The Labute approximate surface area is 350 Å². The molecule has 0 saturated heterocycles. The van der Waals surface area contributed by atoms with Crippen molar-refractivity contribution in [2.75, 3.05) is 0 Å².